The van der Waals surface area contributed by atoms with Crippen molar-refractivity contribution in [3.63, 3.8) is 0 Å². The number of carbonyl (C=O) groups is 2. The van der Waals surface area contributed by atoms with Crippen LogP contribution in [0.15, 0.2) is 44.9 Å². The lowest BCUT2D eigenvalue weighted by Crippen LogP contribution is -2.68. The molecule has 13 heteroatoms. The van der Waals surface area contributed by atoms with Crippen LogP contribution in [0.5, 0.6) is 11.6 Å². The van der Waals surface area contributed by atoms with Crippen LogP contribution in [0.4, 0.5) is 4.39 Å². The molecule has 3 N–H and O–H groups in total. The molecule has 1 saturated carbocycles. The molecule has 4 aliphatic rings. The number of piperidine rings is 1. The number of nitrogens with two attached hydrogens (primary N) is 1. The zero-order valence-electron chi connectivity index (χ0n) is 35.0. The van der Waals surface area contributed by atoms with Crippen LogP contribution in [0.2, 0.25) is 18.1 Å². The van der Waals surface area contributed by atoms with Gasteiger partial charge in [0.1, 0.15) is 22.9 Å². The van der Waals surface area contributed by atoms with E-state index in [1.54, 1.807) is 0 Å². The summed E-state index contributed by atoms with van der Waals surface area (Å²) in [5, 5.41) is 16.2. The molecule has 2 fully saturated rings. The van der Waals surface area contributed by atoms with E-state index in [0.29, 0.717) is 47.0 Å². The van der Waals surface area contributed by atoms with Gasteiger partial charge in [-0.05, 0) is 108 Å². The van der Waals surface area contributed by atoms with Gasteiger partial charge in [0.2, 0.25) is 11.6 Å². The van der Waals surface area contributed by atoms with Gasteiger partial charge in [0.05, 0.1) is 29.3 Å². The highest BCUT2D eigenvalue weighted by molar-refractivity contribution is 9.10. The number of likely N-dealkylation sites (tertiary alicyclic amines) is 1. The molecule has 1 aliphatic heterocycles. The summed E-state index contributed by atoms with van der Waals surface area (Å²) in [6.07, 6.45) is 5.38. The van der Waals surface area contributed by atoms with Gasteiger partial charge in [0.25, 0.3) is 5.88 Å². The highest BCUT2D eigenvalue weighted by Gasteiger charge is 2.68. The van der Waals surface area contributed by atoms with Crippen molar-refractivity contribution in [3.8, 4) is 11.6 Å². The minimum atomic E-state index is -2.92. The van der Waals surface area contributed by atoms with Crippen molar-refractivity contribution in [1.82, 2.24) is 10.1 Å². The number of Topliss-reactive ketones (excluding diaryl/α,β-unsaturated/α-hetero) is 2. The molecule has 7 rings (SSSR count). The van der Waals surface area contributed by atoms with Gasteiger partial charge in [-0.1, -0.05) is 77.8 Å². The Morgan fingerprint density at radius 2 is 1.67 bits per heavy atom. The first-order valence-electron chi connectivity index (χ1n) is 21.1. The molecule has 1 aromatic heterocycles. The molecule has 0 spiro atoms. The van der Waals surface area contributed by atoms with Crippen molar-refractivity contribution in [2.24, 2.45) is 17.6 Å². The van der Waals surface area contributed by atoms with Crippen LogP contribution in [-0.4, -0.2) is 67.0 Å². The number of nitrogens with zero attached hydrogens (tertiary/aromatic N) is 2. The summed E-state index contributed by atoms with van der Waals surface area (Å²) in [5.74, 6) is -2.75. The monoisotopic (exact) mass is 879 g/mol. The predicted molar refractivity (Wildman–Crippen MR) is 227 cm³/mol. The maximum absolute atomic E-state index is 17.3. The fourth-order valence-electron chi connectivity index (χ4n) is 9.09. The predicted octanol–water partition coefficient (Wildman–Crippen LogP) is 10.0. The number of rotatable bonds is 13. The summed E-state index contributed by atoms with van der Waals surface area (Å²) >= 11 is 3.73. The summed E-state index contributed by atoms with van der Waals surface area (Å²) in [6, 6.07) is 9.57. The summed E-state index contributed by atoms with van der Waals surface area (Å²) in [7, 11) is -2.92. The second kappa shape index (κ2) is 16.6. The summed E-state index contributed by atoms with van der Waals surface area (Å²) in [4.78, 5) is 33.0. The number of aliphatic hydroxyl groups excluding tert-OH is 1. The quantitative estimate of drug-likeness (QED) is 0.0970. The van der Waals surface area contributed by atoms with Gasteiger partial charge in [-0.25, -0.2) is 4.39 Å². The molecule has 3 aromatic rings. The van der Waals surface area contributed by atoms with Gasteiger partial charge in [-0.2, -0.15) is 0 Å². The van der Waals surface area contributed by atoms with E-state index in [1.807, 2.05) is 46.9 Å². The highest BCUT2D eigenvalue weighted by Crippen LogP contribution is 2.58. The SMILES string of the molecule is CCCCOc1noc2c1C(=O)[C@@]1(O[Si](C)(C)C(C)(C)C)C(=O)C3=C(O)c4c(c(F)c(CN5CCC(c6ccccc6)CC5)c(Br)c4OCCCC)C[C@H]3C[C@H]1[C@@H]2N. The molecule has 1 saturated heterocycles. The molecule has 2 heterocycles. The van der Waals surface area contributed by atoms with E-state index < -0.39 is 54.2 Å². The maximum Gasteiger partial charge on any atom is 0.265 e. The Bertz CT molecular complexity index is 2070. The topological polar surface area (TPSA) is 137 Å². The number of benzene rings is 2. The first-order chi connectivity index (χ1) is 27.6. The second-order valence-electron chi connectivity index (χ2n) is 18.2. The number of carbonyl (C=O) groups excluding carboxylic acids is 2. The average Bonchev–Trinajstić information content (AvgIpc) is 3.62. The Morgan fingerprint density at radius 1 is 1.02 bits per heavy atom. The highest BCUT2D eigenvalue weighted by atomic mass is 79.9. The third kappa shape index (κ3) is 7.30. The van der Waals surface area contributed by atoms with Crippen LogP contribution >= 0.6 is 15.9 Å². The lowest BCUT2D eigenvalue weighted by atomic mass is 9.57. The first-order valence-corrected chi connectivity index (χ1v) is 24.8. The largest absolute Gasteiger partial charge is 0.507 e. The molecule has 0 amide bonds. The minimum absolute atomic E-state index is 0.0106. The molecule has 58 heavy (non-hydrogen) atoms. The molecule has 0 unspecified atom stereocenters. The lowest BCUT2D eigenvalue weighted by molar-refractivity contribution is -0.138. The minimum Gasteiger partial charge on any atom is -0.507 e. The van der Waals surface area contributed by atoms with Gasteiger partial charge < -0.3 is 29.3 Å². The number of aliphatic hydroxyl groups is 1. The normalized spacial score (nSPS) is 24.0. The lowest BCUT2D eigenvalue weighted by Gasteiger charge is -2.53. The molecular formula is C45H59BrFN3O7Si. The Labute approximate surface area is 351 Å². The Morgan fingerprint density at radius 3 is 2.31 bits per heavy atom. The number of hydrogen-bond donors (Lipinski definition) is 2. The third-order valence-electron chi connectivity index (χ3n) is 13.4. The number of unbranched alkanes of at least 4 members (excludes halogenated alkanes) is 2. The average molecular weight is 881 g/mol. The number of hydrogen-bond acceptors (Lipinski definition) is 10. The molecule has 3 aliphatic carbocycles. The van der Waals surface area contributed by atoms with E-state index in [2.05, 4.69) is 57.2 Å². The van der Waals surface area contributed by atoms with Crippen LogP contribution in [0.1, 0.15) is 130 Å². The summed E-state index contributed by atoms with van der Waals surface area (Å²) in [5.41, 5.74) is 7.22. The van der Waals surface area contributed by atoms with Crippen molar-refractivity contribution in [1.29, 1.82) is 0 Å². The van der Waals surface area contributed by atoms with Crippen molar-refractivity contribution >= 4 is 41.6 Å². The zero-order valence-corrected chi connectivity index (χ0v) is 37.6. The van der Waals surface area contributed by atoms with Gasteiger partial charge in [-0.15, -0.1) is 0 Å². The van der Waals surface area contributed by atoms with E-state index in [9.17, 15) is 5.11 Å². The van der Waals surface area contributed by atoms with Crippen molar-refractivity contribution in [3.05, 3.63) is 79.8 Å². The van der Waals surface area contributed by atoms with Crippen molar-refractivity contribution in [2.75, 3.05) is 26.3 Å². The number of ether oxygens (including phenoxy) is 2. The number of halogens is 2. The molecule has 314 valence electrons. The Kier molecular flexibility index (Phi) is 12.2. The maximum atomic E-state index is 17.3. The number of aromatic nitrogens is 1. The third-order valence-corrected chi connectivity index (χ3v) is 18.7. The molecule has 10 nitrogen and oxygen atoms in total. The van der Waals surface area contributed by atoms with E-state index in [-0.39, 0.29) is 46.9 Å². The van der Waals surface area contributed by atoms with Gasteiger partial charge in [0, 0.05) is 29.2 Å². The van der Waals surface area contributed by atoms with E-state index in [1.165, 1.54) is 5.56 Å². The Hall–Kier alpha value is -3.36. The number of ketones is 2. The first kappa shape index (κ1) is 42.8. The standard InChI is InChI=1S/C45H59BrFN3O7Si/c1-8-10-21-54-39-33-29(36(47)30(35(39)46)25-50-19-17-27(18-20-50)26-15-13-12-14-16-26)23-28-24-31-37(48)40-34(43(49-56-40)55-22-11-9-2)42(53)45(31,41(52)32(28)38(33)51)57-58(6,7)44(3,4)5/h12-16,27-28,31,37,51H,8-11,17-25,48H2,1-7H3/t28-,31-,37-,45-/m0/s1. The van der Waals surface area contributed by atoms with Gasteiger partial charge >= 0.3 is 0 Å². The van der Waals surface area contributed by atoms with E-state index in [4.69, 9.17) is 24.2 Å². The molecule has 2 aromatic carbocycles. The fraction of sp³-hybridized carbons (Fsp3) is 0.578. The van der Waals surface area contributed by atoms with Crippen LogP contribution in [0.3, 0.4) is 0 Å². The Balaban J connectivity index is 1.33. The molecular weight excluding hydrogens is 821 g/mol. The van der Waals surface area contributed by atoms with E-state index >= 15 is 14.0 Å². The van der Waals surface area contributed by atoms with E-state index in [0.717, 1.165) is 51.6 Å². The van der Waals surface area contributed by atoms with Crippen LogP contribution < -0.4 is 15.2 Å². The molecule has 4 atom stereocenters. The van der Waals surface area contributed by atoms with Crippen LogP contribution in [-0.2, 0) is 22.2 Å². The molecule has 0 bridgehead atoms. The van der Waals surface area contributed by atoms with Crippen molar-refractivity contribution < 1.29 is 37.5 Å². The van der Waals surface area contributed by atoms with Crippen LogP contribution in [0, 0.1) is 17.7 Å². The van der Waals surface area contributed by atoms with Gasteiger partial charge in [0.15, 0.2) is 19.7 Å². The fourth-order valence-corrected chi connectivity index (χ4v) is 11.2. The molecule has 0 radical (unpaired) electrons. The zero-order chi connectivity index (χ0) is 41.7. The summed E-state index contributed by atoms with van der Waals surface area (Å²) < 4.78 is 42.9. The van der Waals surface area contributed by atoms with Gasteiger partial charge in [-0.3, -0.25) is 14.5 Å². The van der Waals surface area contributed by atoms with Crippen LogP contribution in [0.25, 0.3) is 5.76 Å². The second-order valence-corrected chi connectivity index (χ2v) is 23.7. The van der Waals surface area contributed by atoms with Crippen molar-refractivity contribution in [2.45, 2.75) is 128 Å². The smallest absolute Gasteiger partial charge is 0.265 e. The summed E-state index contributed by atoms with van der Waals surface area (Å²) in [6.45, 7) is 16.8. The number of fused-ring (bicyclic) bond motifs is 4.